The first-order chi connectivity index (χ1) is 11.1. The number of carbonyl (C=O) groups excluding carboxylic acids is 1. The van der Waals surface area contributed by atoms with Crippen molar-refractivity contribution >= 4 is 28.4 Å². The van der Waals surface area contributed by atoms with Gasteiger partial charge in [-0.2, -0.15) is 5.10 Å². The van der Waals surface area contributed by atoms with Crippen LogP contribution in [0.3, 0.4) is 0 Å². The Kier molecular flexibility index (Phi) is 3.09. The average molecular weight is 325 g/mol. The molecule has 116 valence electrons. The van der Waals surface area contributed by atoms with Gasteiger partial charge in [0.15, 0.2) is 0 Å². The summed E-state index contributed by atoms with van der Waals surface area (Å²) in [6, 6.07) is 13.6. The molecule has 1 spiro atoms. The Morgan fingerprint density at radius 2 is 1.96 bits per heavy atom. The number of anilines is 1. The summed E-state index contributed by atoms with van der Waals surface area (Å²) in [7, 11) is 1.63. The van der Waals surface area contributed by atoms with E-state index < -0.39 is 4.87 Å². The molecule has 23 heavy (non-hydrogen) atoms. The second-order valence-corrected chi connectivity index (χ2v) is 6.75. The van der Waals surface area contributed by atoms with Gasteiger partial charge in [0.05, 0.1) is 7.11 Å². The first-order valence-electron chi connectivity index (χ1n) is 7.23. The Hall–Kier alpha value is -2.47. The molecule has 0 aromatic heterocycles. The van der Waals surface area contributed by atoms with Crippen LogP contribution in [0.2, 0.25) is 0 Å². The van der Waals surface area contributed by atoms with Gasteiger partial charge in [0, 0.05) is 16.8 Å². The molecule has 2 heterocycles. The second-order valence-electron chi connectivity index (χ2n) is 5.54. The normalized spacial score (nSPS) is 21.7. The number of benzene rings is 2. The summed E-state index contributed by atoms with van der Waals surface area (Å²) in [6.07, 6.45) is 0. The number of hydrogen-bond donors (Lipinski definition) is 2. The van der Waals surface area contributed by atoms with E-state index in [2.05, 4.69) is 15.8 Å². The van der Waals surface area contributed by atoms with Crippen molar-refractivity contribution in [2.45, 2.75) is 11.8 Å². The molecule has 0 aliphatic carbocycles. The molecule has 2 aliphatic heterocycles. The highest BCUT2D eigenvalue weighted by Gasteiger charge is 2.51. The lowest BCUT2D eigenvalue weighted by molar-refractivity contribution is -0.118. The predicted octanol–water partition coefficient (Wildman–Crippen LogP) is 2.81. The van der Waals surface area contributed by atoms with Gasteiger partial charge in [0.1, 0.15) is 10.8 Å². The molecule has 1 amide bonds. The summed E-state index contributed by atoms with van der Waals surface area (Å²) in [5.41, 5.74) is 6.88. The summed E-state index contributed by atoms with van der Waals surface area (Å²) in [4.78, 5) is 11.7. The van der Waals surface area contributed by atoms with Crippen molar-refractivity contribution in [2.75, 3.05) is 12.4 Å². The van der Waals surface area contributed by atoms with E-state index in [1.807, 2.05) is 49.4 Å². The first kappa shape index (κ1) is 14.1. The Labute approximate surface area is 138 Å². The fourth-order valence-electron chi connectivity index (χ4n) is 2.78. The van der Waals surface area contributed by atoms with E-state index in [0.717, 1.165) is 33.2 Å². The van der Waals surface area contributed by atoms with Crippen LogP contribution in [0.5, 0.6) is 5.75 Å². The largest absolute Gasteiger partial charge is 0.497 e. The van der Waals surface area contributed by atoms with E-state index in [9.17, 15) is 4.79 Å². The fraction of sp³-hybridized carbons (Fsp3) is 0.176. The van der Waals surface area contributed by atoms with Gasteiger partial charge in [-0.3, -0.25) is 10.2 Å². The van der Waals surface area contributed by atoms with Gasteiger partial charge < -0.3 is 10.1 Å². The molecule has 1 atom stereocenters. The van der Waals surface area contributed by atoms with E-state index in [0.29, 0.717) is 0 Å². The number of hydrazone groups is 1. The third-order valence-corrected chi connectivity index (χ3v) is 5.35. The van der Waals surface area contributed by atoms with Gasteiger partial charge in [-0.15, -0.1) is 0 Å². The lowest BCUT2D eigenvalue weighted by atomic mass is 10.1. The van der Waals surface area contributed by atoms with E-state index in [1.54, 1.807) is 7.11 Å². The number of methoxy groups -OCH3 is 1. The van der Waals surface area contributed by atoms with Crippen LogP contribution in [0.15, 0.2) is 47.6 Å². The minimum Gasteiger partial charge on any atom is -0.497 e. The van der Waals surface area contributed by atoms with E-state index in [4.69, 9.17) is 4.74 Å². The molecule has 0 bridgehead atoms. The number of rotatable bonds is 2. The Balaban J connectivity index is 1.69. The van der Waals surface area contributed by atoms with Gasteiger partial charge in [-0.05, 0) is 37.3 Å². The number of nitrogens with one attached hydrogen (secondary N) is 2. The van der Waals surface area contributed by atoms with Gasteiger partial charge >= 0.3 is 0 Å². The summed E-state index contributed by atoms with van der Waals surface area (Å²) in [5, 5.41) is 8.12. The Morgan fingerprint density at radius 1 is 1.17 bits per heavy atom. The minimum absolute atomic E-state index is 0.0876. The van der Waals surface area contributed by atoms with Crippen molar-refractivity contribution in [3.8, 4) is 5.75 Å². The molecular formula is C17H15N3O2S. The van der Waals surface area contributed by atoms with E-state index in [1.165, 1.54) is 11.8 Å². The van der Waals surface area contributed by atoms with Crippen LogP contribution in [0.1, 0.15) is 16.7 Å². The zero-order valence-electron chi connectivity index (χ0n) is 12.7. The highest BCUT2D eigenvalue weighted by Crippen LogP contribution is 2.48. The maximum absolute atomic E-state index is 12.6. The molecule has 2 N–H and O–H groups in total. The number of ether oxygens (including phenoxy) is 1. The molecule has 2 aromatic rings. The quantitative estimate of drug-likeness (QED) is 0.891. The molecule has 2 aliphatic rings. The highest BCUT2D eigenvalue weighted by atomic mass is 32.2. The summed E-state index contributed by atoms with van der Waals surface area (Å²) in [6.45, 7) is 2.02. The molecule has 0 fully saturated rings. The van der Waals surface area contributed by atoms with Gasteiger partial charge in [0.2, 0.25) is 4.87 Å². The van der Waals surface area contributed by atoms with Crippen LogP contribution >= 0.6 is 11.8 Å². The van der Waals surface area contributed by atoms with Gasteiger partial charge in [-0.1, -0.05) is 29.5 Å². The molecule has 2 aromatic carbocycles. The average Bonchev–Trinajstić information content (AvgIpc) is 3.13. The number of nitrogens with zero attached hydrogens (tertiary/aromatic N) is 1. The molecule has 5 nitrogen and oxygen atoms in total. The smallest absolute Gasteiger partial charge is 0.267 e. The van der Waals surface area contributed by atoms with Crippen molar-refractivity contribution in [1.29, 1.82) is 0 Å². The predicted molar refractivity (Wildman–Crippen MR) is 91.7 cm³/mol. The number of carbonyl (C=O) groups is 1. The summed E-state index contributed by atoms with van der Waals surface area (Å²) < 4.78 is 5.18. The van der Waals surface area contributed by atoms with Crippen molar-refractivity contribution in [3.05, 3.63) is 59.2 Å². The standard InChI is InChI=1S/C17H15N3O2S/c1-10-3-8-14-13(9-10)17(16(21)18-14)20-19-15(23-17)11-4-6-12(22-2)7-5-11/h3-9,20H,1-2H3,(H,18,21). The van der Waals surface area contributed by atoms with Crippen LogP contribution in [0.4, 0.5) is 5.69 Å². The fourth-order valence-corrected chi connectivity index (χ4v) is 3.93. The van der Waals surface area contributed by atoms with Crippen LogP contribution in [0.25, 0.3) is 0 Å². The topological polar surface area (TPSA) is 62.7 Å². The van der Waals surface area contributed by atoms with Crippen LogP contribution in [0, 0.1) is 6.92 Å². The maximum atomic E-state index is 12.6. The van der Waals surface area contributed by atoms with Crippen molar-refractivity contribution in [2.24, 2.45) is 5.10 Å². The molecule has 0 saturated carbocycles. The molecule has 0 saturated heterocycles. The lowest BCUT2D eigenvalue weighted by Gasteiger charge is -2.20. The SMILES string of the molecule is COc1ccc(C2=NNC3(S2)C(=O)Nc2ccc(C)cc23)cc1. The third kappa shape index (κ3) is 2.09. The van der Waals surface area contributed by atoms with Crippen LogP contribution in [-0.4, -0.2) is 18.1 Å². The van der Waals surface area contributed by atoms with Crippen molar-refractivity contribution < 1.29 is 9.53 Å². The molecule has 6 heteroatoms. The molecule has 1 unspecified atom stereocenters. The third-order valence-electron chi connectivity index (χ3n) is 4.02. The summed E-state index contributed by atoms with van der Waals surface area (Å²) in [5.74, 6) is 0.704. The van der Waals surface area contributed by atoms with Crippen LogP contribution < -0.4 is 15.5 Å². The van der Waals surface area contributed by atoms with Gasteiger partial charge in [0.25, 0.3) is 5.91 Å². The Morgan fingerprint density at radius 3 is 2.70 bits per heavy atom. The number of amides is 1. The number of aryl methyl sites for hydroxylation is 1. The van der Waals surface area contributed by atoms with Gasteiger partial charge in [-0.25, -0.2) is 0 Å². The zero-order chi connectivity index (χ0) is 16.0. The lowest BCUT2D eigenvalue weighted by Crippen LogP contribution is -2.39. The first-order valence-corrected chi connectivity index (χ1v) is 8.05. The summed E-state index contributed by atoms with van der Waals surface area (Å²) >= 11 is 1.43. The van der Waals surface area contributed by atoms with Crippen LogP contribution in [-0.2, 0) is 9.67 Å². The Bertz CT molecular complexity index is 832. The van der Waals surface area contributed by atoms with Crippen molar-refractivity contribution in [3.63, 3.8) is 0 Å². The zero-order valence-corrected chi connectivity index (χ0v) is 13.5. The minimum atomic E-state index is -0.878. The number of fused-ring (bicyclic) bond motifs is 2. The number of hydrogen-bond acceptors (Lipinski definition) is 5. The highest BCUT2D eigenvalue weighted by molar-refractivity contribution is 8.16. The molecule has 0 radical (unpaired) electrons. The second kappa shape index (κ2) is 5.03. The molecule has 4 rings (SSSR count). The van der Waals surface area contributed by atoms with E-state index >= 15 is 0 Å². The molecular weight excluding hydrogens is 310 g/mol. The maximum Gasteiger partial charge on any atom is 0.267 e. The number of thioether (sulfide) groups is 1. The monoisotopic (exact) mass is 325 g/mol. The van der Waals surface area contributed by atoms with Crippen molar-refractivity contribution in [1.82, 2.24) is 5.43 Å². The van der Waals surface area contributed by atoms with E-state index in [-0.39, 0.29) is 5.91 Å².